The van der Waals surface area contributed by atoms with Crippen molar-refractivity contribution in [3.05, 3.63) is 35.9 Å². The average molecular weight is 274 g/mol. The summed E-state index contributed by atoms with van der Waals surface area (Å²) in [6, 6.07) is 11.4. The first-order chi connectivity index (χ1) is 9.74. The molecule has 0 saturated carbocycles. The summed E-state index contributed by atoms with van der Waals surface area (Å²) in [5.41, 5.74) is 7.49. The second-order valence-electron chi connectivity index (χ2n) is 6.32. The van der Waals surface area contributed by atoms with Gasteiger partial charge < -0.3 is 5.73 Å². The van der Waals surface area contributed by atoms with Crippen molar-refractivity contribution < 1.29 is 0 Å². The second kappa shape index (κ2) is 7.80. The van der Waals surface area contributed by atoms with Crippen LogP contribution in [0, 0.1) is 5.92 Å². The molecule has 2 heteroatoms. The molecule has 0 amide bonds. The van der Waals surface area contributed by atoms with Gasteiger partial charge in [0.2, 0.25) is 0 Å². The molecule has 1 aromatic rings. The van der Waals surface area contributed by atoms with E-state index in [0.717, 1.165) is 12.5 Å². The van der Waals surface area contributed by atoms with E-state index in [-0.39, 0.29) is 0 Å². The lowest BCUT2D eigenvalue weighted by Gasteiger charge is -2.38. The Balaban J connectivity index is 1.89. The van der Waals surface area contributed by atoms with E-state index in [1.807, 2.05) is 0 Å². The molecule has 20 heavy (non-hydrogen) atoms. The van der Waals surface area contributed by atoms with Crippen molar-refractivity contribution in [3.8, 4) is 0 Å². The van der Waals surface area contributed by atoms with Gasteiger partial charge in [-0.2, -0.15) is 0 Å². The van der Waals surface area contributed by atoms with Gasteiger partial charge >= 0.3 is 0 Å². The number of rotatable bonds is 6. The predicted molar refractivity (Wildman–Crippen MR) is 86.9 cm³/mol. The number of nitrogens with zero attached hydrogens (tertiary/aromatic N) is 1. The van der Waals surface area contributed by atoms with Gasteiger partial charge in [-0.1, -0.05) is 50.6 Å². The predicted octanol–water partition coefficient (Wildman–Crippen LogP) is 3.63. The Labute approximate surface area is 124 Å². The van der Waals surface area contributed by atoms with Crippen LogP contribution in [0.5, 0.6) is 0 Å². The molecule has 2 unspecified atom stereocenters. The molecule has 112 valence electrons. The Hall–Kier alpha value is -0.860. The van der Waals surface area contributed by atoms with Crippen molar-refractivity contribution in [1.82, 2.24) is 4.90 Å². The summed E-state index contributed by atoms with van der Waals surface area (Å²) in [7, 11) is 0. The number of piperidine rings is 1. The van der Waals surface area contributed by atoms with Gasteiger partial charge in [-0.15, -0.1) is 0 Å². The molecule has 2 rings (SSSR count). The molecule has 1 fully saturated rings. The summed E-state index contributed by atoms with van der Waals surface area (Å²) in [6.07, 6.45) is 5.22. The lowest BCUT2D eigenvalue weighted by molar-refractivity contribution is 0.124. The Kier molecular flexibility index (Phi) is 6.06. The van der Waals surface area contributed by atoms with Crippen LogP contribution in [0.1, 0.15) is 51.0 Å². The van der Waals surface area contributed by atoms with Gasteiger partial charge in [-0.05, 0) is 49.8 Å². The van der Waals surface area contributed by atoms with E-state index in [1.54, 1.807) is 0 Å². The van der Waals surface area contributed by atoms with E-state index in [9.17, 15) is 0 Å². The molecule has 2 N–H and O–H groups in total. The molecule has 1 aromatic carbocycles. The van der Waals surface area contributed by atoms with Crippen LogP contribution in [-0.2, 0) is 0 Å². The third kappa shape index (κ3) is 4.07. The molecule has 0 radical (unpaired) electrons. The van der Waals surface area contributed by atoms with Crippen molar-refractivity contribution in [2.45, 2.75) is 51.5 Å². The molecule has 0 aromatic heterocycles. The van der Waals surface area contributed by atoms with Crippen LogP contribution in [0.15, 0.2) is 30.3 Å². The van der Waals surface area contributed by atoms with E-state index >= 15 is 0 Å². The molecule has 1 heterocycles. The summed E-state index contributed by atoms with van der Waals surface area (Å²) < 4.78 is 0. The van der Waals surface area contributed by atoms with Crippen LogP contribution in [-0.4, -0.2) is 30.6 Å². The number of hydrogen-bond donors (Lipinski definition) is 1. The van der Waals surface area contributed by atoms with Crippen LogP contribution in [0.25, 0.3) is 0 Å². The van der Waals surface area contributed by atoms with Crippen LogP contribution in [0.2, 0.25) is 0 Å². The molecule has 0 bridgehead atoms. The smallest absolute Gasteiger partial charge is 0.0224 e. The zero-order chi connectivity index (χ0) is 14.4. The fourth-order valence-electron chi connectivity index (χ4n) is 3.45. The van der Waals surface area contributed by atoms with Gasteiger partial charge in [0.15, 0.2) is 0 Å². The average Bonchev–Trinajstić information content (AvgIpc) is 2.53. The zero-order valence-electron chi connectivity index (χ0n) is 13.1. The maximum Gasteiger partial charge on any atom is 0.0224 e. The van der Waals surface area contributed by atoms with E-state index in [4.69, 9.17) is 5.73 Å². The largest absolute Gasteiger partial charge is 0.329 e. The molecule has 1 aliphatic rings. The summed E-state index contributed by atoms with van der Waals surface area (Å²) >= 11 is 0. The normalized spacial score (nSPS) is 20.8. The highest BCUT2D eigenvalue weighted by atomic mass is 15.2. The summed E-state index contributed by atoms with van der Waals surface area (Å²) in [5, 5.41) is 0. The highest BCUT2D eigenvalue weighted by Gasteiger charge is 2.24. The Morgan fingerprint density at radius 3 is 2.40 bits per heavy atom. The number of likely N-dealkylation sites (tertiary alicyclic amines) is 1. The molecular weight excluding hydrogens is 244 g/mol. The minimum absolute atomic E-state index is 0.544. The second-order valence-corrected chi connectivity index (χ2v) is 6.32. The van der Waals surface area contributed by atoms with Crippen molar-refractivity contribution in [2.24, 2.45) is 11.7 Å². The van der Waals surface area contributed by atoms with Gasteiger partial charge in [0.05, 0.1) is 0 Å². The first kappa shape index (κ1) is 15.5. The van der Waals surface area contributed by atoms with E-state index in [2.05, 4.69) is 49.1 Å². The Morgan fingerprint density at radius 2 is 1.85 bits per heavy atom. The van der Waals surface area contributed by atoms with Gasteiger partial charge in [0.25, 0.3) is 0 Å². The maximum atomic E-state index is 6.06. The topological polar surface area (TPSA) is 29.3 Å². The minimum Gasteiger partial charge on any atom is -0.329 e. The molecule has 2 atom stereocenters. The van der Waals surface area contributed by atoms with Crippen molar-refractivity contribution in [3.63, 3.8) is 0 Å². The summed E-state index contributed by atoms with van der Waals surface area (Å²) in [4.78, 5) is 2.63. The lowest BCUT2D eigenvalue weighted by Crippen LogP contribution is -2.45. The van der Waals surface area contributed by atoms with Crippen LogP contribution in [0.4, 0.5) is 0 Å². The standard InChI is InChI=1S/C18H30N2/c1-3-16-9-11-20(12-10-16)18(14-19)13-15(2)17-7-5-4-6-8-17/h4-8,15-16,18H,3,9-14,19H2,1-2H3. The van der Waals surface area contributed by atoms with E-state index < -0.39 is 0 Å². The van der Waals surface area contributed by atoms with Gasteiger partial charge in [0.1, 0.15) is 0 Å². The Morgan fingerprint density at radius 1 is 1.20 bits per heavy atom. The summed E-state index contributed by atoms with van der Waals surface area (Å²) in [6.45, 7) is 7.91. The van der Waals surface area contributed by atoms with Gasteiger partial charge in [-0.3, -0.25) is 4.90 Å². The molecule has 0 spiro atoms. The molecule has 0 aliphatic carbocycles. The first-order valence-electron chi connectivity index (χ1n) is 8.23. The van der Waals surface area contributed by atoms with Crippen LogP contribution < -0.4 is 5.73 Å². The van der Waals surface area contributed by atoms with E-state index in [0.29, 0.717) is 12.0 Å². The van der Waals surface area contributed by atoms with Crippen molar-refractivity contribution in [2.75, 3.05) is 19.6 Å². The number of nitrogens with two attached hydrogens (primary N) is 1. The van der Waals surface area contributed by atoms with Gasteiger partial charge in [-0.25, -0.2) is 0 Å². The van der Waals surface area contributed by atoms with Gasteiger partial charge in [0, 0.05) is 12.6 Å². The van der Waals surface area contributed by atoms with Crippen LogP contribution >= 0.6 is 0 Å². The molecule has 1 saturated heterocycles. The number of benzene rings is 1. The zero-order valence-corrected chi connectivity index (χ0v) is 13.1. The first-order valence-corrected chi connectivity index (χ1v) is 8.23. The highest BCUT2D eigenvalue weighted by molar-refractivity contribution is 5.19. The van der Waals surface area contributed by atoms with Crippen LogP contribution in [0.3, 0.4) is 0 Å². The fourth-order valence-corrected chi connectivity index (χ4v) is 3.45. The molecule has 2 nitrogen and oxygen atoms in total. The molecule has 1 aliphatic heterocycles. The molecular formula is C18H30N2. The monoisotopic (exact) mass is 274 g/mol. The summed E-state index contributed by atoms with van der Waals surface area (Å²) in [5.74, 6) is 1.53. The fraction of sp³-hybridized carbons (Fsp3) is 0.667. The maximum absolute atomic E-state index is 6.06. The quantitative estimate of drug-likeness (QED) is 0.858. The van der Waals surface area contributed by atoms with Crippen molar-refractivity contribution >= 4 is 0 Å². The lowest BCUT2D eigenvalue weighted by atomic mass is 9.90. The minimum atomic E-state index is 0.544. The van der Waals surface area contributed by atoms with Crippen molar-refractivity contribution in [1.29, 1.82) is 0 Å². The van der Waals surface area contributed by atoms with E-state index in [1.165, 1.54) is 44.3 Å². The highest BCUT2D eigenvalue weighted by Crippen LogP contribution is 2.26. The SMILES string of the molecule is CCC1CCN(C(CN)CC(C)c2ccccc2)CC1. The Bertz CT molecular complexity index is 368. The number of hydrogen-bond acceptors (Lipinski definition) is 2. The third-order valence-electron chi connectivity index (χ3n) is 5.01. The third-order valence-corrected chi connectivity index (χ3v) is 5.01.